The van der Waals surface area contributed by atoms with Crippen molar-refractivity contribution in [3.63, 3.8) is 0 Å². The van der Waals surface area contributed by atoms with Gasteiger partial charge in [0.05, 0.1) is 0 Å². The van der Waals surface area contributed by atoms with Gasteiger partial charge in [0.25, 0.3) is 0 Å². The zero-order valence-corrected chi connectivity index (χ0v) is 8.63. The van der Waals surface area contributed by atoms with Gasteiger partial charge in [-0.1, -0.05) is 6.07 Å². The first-order valence-corrected chi connectivity index (χ1v) is 5.04. The van der Waals surface area contributed by atoms with E-state index in [1.54, 1.807) is 0 Å². The molecule has 1 N–H and O–H groups in total. The van der Waals surface area contributed by atoms with E-state index in [0.717, 1.165) is 18.5 Å². The number of anilines is 1. The molecule has 0 aliphatic heterocycles. The van der Waals surface area contributed by atoms with Crippen LogP contribution in [0.15, 0.2) is 18.2 Å². The maximum absolute atomic E-state index is 11.5. The minimum absolute atomic E-state index is 0.176. The number of hydrogen-bond donors (Lipinski definition) is 1. The Bertz CT molecular complexity index is 346. The number of rotatable bonds is 2. The lowest BCUT2D eigenvalue weighted by Gasteiger charge is -2.06. The summed E-state index contributed by atoms with van der Waals surface area (Å²) in [4.78, 5) is 11.5. The molecule has 0 atom stereocenters. The largest absolute Gasteiger partial charge is 0.326 e. The van der Waals surface area contributed by atoms with Crippen LogP contribution in [0.3, 0.4) is 0 Å². The molecule has 2 rings (SSSR count). The molecule has 2 nitrogen and oxygen atoms in total. The molecule has 1 aromatic carbocycles. The molecule has 1 saturated carbocycles. The van der Waals surface area contributed by atoms with Crippen LogP contribution in [0.1, 0.15) is 24.0 Å². The van der Waals surface area contributed by atoms with E-state index in [1.807, 2.05) is 26.0 Å². The van der Waals surface area contributed by atoms with Gasteiger partial charge in [-0.05, 0) is 49.9 Å². The first kappa shape index (κ1) is 9.25. The summed E-state index contributed by atoms with van der Waals surface area (Å²) in [5.41, 5.74) is 3.31. The van der Waals surface area contributed by atoms with Crippen LogP contribution in [0.25, 0.3) is 0 Å². The number of carbonyl (C=O) groups is 1. The smallest absolute Gasteiger partial charge is 0.227 e. The van der Waals surface area contributed by atoms with E-state index in [-0.39, 0.29) is 11.8 Å². The van der Waals surface area contributed by atoms with E-state index in [9.17, 15) is 4.79 Å². The van der Waals surface area contributed by atoms with Crippen LogP contribution in [0, 0.1) is 19.8 Å². The molecule has 1 amide bonds. The summed E-state index contributed by atoms with van der Waals surface area (Å²) in [6, 6.07) is 6.12. The third-order valence-corrected chi connectivity index (χ3v) is 2.44. The predicted molar refractivity (Wildman–Crippen MR) is 57.3 cm³/mol. The van der Waals surface area contributed by atoms with Gasteiger partial charge in [0.1, 0.15) is 0 Å². The molecule has 0 spiro atoms. The molecule has 0 bridgehead atoms. The Morgan fingerprint density at radius 1 is 1.21 bits per heavy atom. The highest BCUT2D eigenvalue weighted by atomic mass is 16.2. The van der Waals surface area contributed by atoms with Gasteiger partial charge in [-0.3, -0.25) is 4.79 Å². The van der Waals surface area contributed by atoms with Crippen LogP contribution in [-0.4, -0.2) is 5.91 Å². The Morgan fingerprint density at radius 3 is 2.29 bits per heavy atom. The molecule has 0 radical (unpaired) electrons. The predicted octanol–water partition coefficient (Wildman–Crippen LogP) is 2.65. The molecule has 1 aromatic rings. The molecule has 2 heteroatoms. The fourth-order valence-electron chi connectivity index (χ4n) is 1.64. The maximum atomic E-state index is 11.5. The molecular weight excluding hydrogens is 174 g/mol. The molecule has 14 heavy (non-hydrogen) atoms. The summed E-state index contributed by atoms with van der Waals surface area (Å²) in [5, 5.41) is 2.95. The average Bonchev–Trinajstić information content (AvgIpc) is 2.82. The van der Waals surface area contributed by atoms with Crippen molar-refractivity contribution in [2.24, 2.45) is 5.92 Å². The molecule has 74 valence electrons. The Hall–Kier alpha value is -1.31. The highest BCUT2D eigenvalue weighted by Gasteiger charge is 2.29. The summed E-state index contributed by atoms with van der Waals surface area (Å²) in [6.45, 7) is 4.08. The number of carbonyl (C=O) groups excluding carboxylic acids is 1. The highest BCUT2D eigenvalue weighted by molar-refractivity contribution is 5.94. The van der Waals surface area contributed by atoms with Crippen molar-refractivity contribution in [2.75, 3.05) is 5.32 Å². The topological polar surface area (TPSA) is 29.1 Å². The Kier molecular flexibility index (Phi) is 2.28. The van der Waals surface area contributed by atoms with Gasteiger partial charge < -0.3 is 5.32 Å². The third-order valence-electron chi connectivity index (χ3n) is 2.44. The van der Waals surface area contributed by atoms with Crippen molar-refractivity contribution in [3.05, 3.63) is 29.3 Å². The zero-order valence-electron chi connectivity index (χ0n) is 8.63. The summed E-state index contributed by atoms with van der Waals surface area (Å²) in [6.07, 6.45) is 2.10. The van der Waals surface area contributed by atoms with Gasteiger partial charge >= 0.3 is 0 Å². The van der Waals surface area contributed by atoms with Crippen molar-refractivity contribution in [1.29, 1.82) is 0 Å². The first-order valence-electron chi connectivity index (χ1n) is 5.04. The number of benzene rings is 1. The summed E-state index contributed by atoms with van der Waals surface area (Å²) in [7, 11) is 0. The minimum atomic E-state index is 0.176. The van der Waals surface area contributed by atoms with Crippen molar-refractivity contribution < 1.29 is 4.79 Å². The molecule has 0 heterocycles. The van der Waals surface area contributed by atoms with Crippen molar-refractivity contribution in [2.45, 2.75) is 26.7 Å². The summed E-state index contributed by atoms with van der Waals surface area (Å²) in [5.74, 6) is 0.450. The van der Waals surface area contributed by atoms with Gasteiger partial charge in [-0.2, -0.15) is 0 Å². The lowest BCUT2D eigenvalue weighted by molar-refractivity contribution is -0.117. The van der Waals surface area contributed by atoms with Gasteiger partial charge in [-0.15, -0.1) is 0 Å². The van der Waals surface area contributed by atoms with E-state index in [2.05, 4.69) is 11.4 Å². The molecule has 0 unspecified atom stereocenters. The van der Waals surface area contributed by atoms with Gasteiger partial charge in [0.15, 0.2) is 0 Å². The summed E-state index contributed by atoms with van der Waals surface area (Å²) >= 11 is 0. The van der Waals surface area contributed by atoms with Crippen LogP contribution in [0.5, 0.6) is 0 Å². The van der Waals surface area contributed by atoms with E-state index >= 15 is 0 Å². The standard InChI is InChI=1S/C12H15NO/c1-8-5-9(2)7-11(6-8)13-12(14)10-3-4-10/h5-7,10H,3-4H2,1-2H3,(H,13,14). The Balaban J connectivity index is 2.11. The van der Waals surface area contributed by atoms with E-state index in [4.69, 9.17) is 0 Å². The van der Waals surface area contributed by atoms with Crippen LogP contribution < -0.4 is 5.32 Å². The van der Waals surface area contributed by atoms with Crippen LogP contribution in [0.4, 0.5) is 5.69 Å². The SMILES string of the molecule is Cc1cc(C)cc(NC(=O)C2CC2)c1. The van der Waals surface area contributed by atoms with E-state index in [0.29, 0.717) is 0 Å². The van der Waals surface area contributed by atoms with Gasteiger partial charge in [-0.25, -0.2) is 0 Å². The van der Waals surface area contributed by atoms with E-state index < -0.39 is 0 Å². The maximum Gasteiger partial charge on any atom is 0.227 e. The highest BCUT2D eigenvalue weighted by Crippen LogP contribution is 2.30. The number of hydrogen-bond acceptors (Lipinski definition) is 1. The lowest BCUT2D eigenvalue weighted by atomic mass is 10.1. The second-order valence-corrected chi connectivity index (χ2v) is 4.14. The van der Waals surface area contributed by atoms with E-state index in [1.165, 1.54) is 11.1 Å². The number of amides is 1. The van der Waals surface area contributed by atoms with Crippen LogP contribution in [-0.2, 0) is 4.79 Å². The molecule has 1 fully saturated rings. The number of nitrogens with one attached hydrogen (secondary N) is 1. The lowest BCUT2D eigenvalue weighted by Crippen LogP contribution is -2.13. The van der Waals surface area contributed by atoms with Crippen molar-refractivity contribution in [1.82, 2.24) is 0 Å². The average molecular weight is 189 g/mol. The summed E-state index contributed by atoms with van der Waals surface area (Å²) < 4.78 is 0. The Labute approximate surface area is 84.3 Å². The van der Waals surface area contributed by atoms with Gasteiger partial charge in [0, 0.05) is 11.6 Å². The molecular formula is C12H15NO. The van der Waals surface area contributed by atoms with Crippen molar-refractivity contribution >= 4 is 11.6 Å². The Morgan fingerprint density at radius 2 is 1.79 bits per heavy atom. The molecule has 0 saturated heterocycles. The monoisotopic (exact) mass is 189 g/mol. The number of aryl methyl sites for hydroxylation is 2. The third kappa shape index (κ3) is 2.13. The molecule has 0 aromatic heterocycles. The van der Waals surface area contributed by atoms with Gasteiger partial charge in [0.2, 0.25) is 5.91 Å². The first-order chi connectivity index (χ1) is 6.65. The van der Waals surface area contributed by atoms with Crippen molar-refractivity contribution in [3.8, 4) is 0 Å². The zero-order chi connectivity index (χ0) is 10.1. The minimum Gasteiger partial charge on any atom is -0.326 e. The van der Waals surface area contributed by atoms with Crippen LogP contribution in [0.2, 0.25) is 0 Å². The molecule has 1 aliphatic carbocycles. The fraction of sp³-hybridized carbons (Fsp3) is 0.417. The second-order valence-electron chi connectivity index (χ2n) is 4.14. The quantitative estimate of drug-likeness (QED) is 0.761. The normalized spacial score (nSPS) is 15.3. The fourth-order valence-corrected chi connectivity index (χ4v) is 1.64. The van der Waals surface area contributed by atoms with Crippen LogP contribution >= 0.6 is 0 Å². The molecule has 1 aliphatic rings. The second kappa shape index (κ2) is 3.45.